The van der Waals surface area contributed by atoms with Crippen LogP contribution in [0.15, 0.2) is 24.3 Å². The maximum absolute atomic E-state index is 12.3. The van der Waals surface area contributed by atoms with Gasteiger partial charge in [-0.15, -0.1) is 11.3 Å². The highest BCUT2D eigenvalue weighted by Crippen LogP contribution is 2.25. The lowest BCUT2D eigenvalue weighted by Gasteiger charge is -2.25. The van der Waals surface area contributed by atoms with E-state index in [4.69, 9.17) is 27.2 Å². The number of amides is 1. The molecule has 1 heterocycles. The van der Waals surface area contributed by atoms with Crippen LogP contribution in [0.4, 0.5) is 13.2 Å². The van der Waals surface area contributed by atoms with E-state index in [2.05, 4.69) is 24.1 Å². The van der Waals surface area contributed by atoms with Gasteiger partial charge in [0.2, 0.25) is 0 Å². The zero-order chi connectivity index (χ0) is 22.4. The number of nitrogens with zero attached hydrogens (tertiary/aromatic N) is 1. The highest BCUT2D eigenvalue weighted by Gasteiger charge is 2.38. The van der Waals surface area contributed by atoms with Crippen molar-refractivity contribution in [2.45, 2.75) is 38.9 Å². The van der Waals surface area contributed by atoms with Crippen molar-refractivity contribution in [1.29, 1.82) is 0 Å². The molecule has 1 aromatic carbocycles. The fourth-order valence-corrected chi connectivity index (χ4v) is 3.14. The van der Waals surface area contributed by atoms with Crippen molar-refractivity contribution in [3.05, 3.63) is 50.4 Å². The van der Waals surface area contributed by atoms with Crippen molar-refractivity contribution < 1.29 is 27.9 Å². The van der Waals surface area contributed by atoms with Crippen LogP contribution >= 0.6 is 22.9 Å². The minimum atomic E-state index is -5.08. The summed E-state index contributed by atoms with van der Waals surface area (Å²) in [5.41, 5.74) is 6.89. The van der Waals surface area contributed by atoms with Gasteiger partial charge in [-0.25, -0.2) is 9.78 Å². The Labute approximate surface area is 174 Å². The van der Waals surface area contributed by atoms with E-state index in [9.17, 15) is 18.0 Å². The second kappa shape index (κ2) is 10.0. The molecule has 0 aliphatic rings. The monoisotopic (exact) mass is 451 g/mol. The van der Waals surface area contributed by atoms with Gasteiger partial charge in [-0.3, -0.25) is 4.79 Å². The van der Waals surface area contributed by atoms with Crippen LogP contribution in [0.5, 0.6) is 0 Å². The SMILES string of the molecule is Cc1sc(CN)nc1C(=O)NCC(C)(C)c1cccc(Cl)c1.O=C(O)C(F)(F)F. The second-order valence-corrected chi connectivity index (χ2v) is 8.32. The molecule has 0 spiro atoms. The maximum atomic E-state index is 12.3. The van der Waals surface area contributed by atoms with E-state index >= 15 is 0 Å². The van der Waals surface area contributed by atoms with Crippen molar-refractivity contribution in [2.24, 2.45) is 5.73 Å². The Hall–Kier alpha value is -2.17. The molecule has 11 heteroatoms. The quantitative estimate of drug-likeness (QED) is 0.639. The molecule has 2 rings (SSSR count). The third-order valence-electron chi connectivity index (χ3n) is 3.77. The van der Waals surface area contributed by atoms with E-state index in [-0.39, 0.29) is 11.3 Å². The van der Waals surface area contributed by atoms with Crippen molar-refractivity contribution >= 4 is 34.8 Å². The number of carboxylic acids is 1. The smallest absolute Gasteiger partial charge is 0.475 e. The lowest BCUT2D eigenvalue weighted by molar-refractivity contribution is -0.192. The topological polar surface area (TPSA) is 105 Å². The van der Waals surface area contributed by atoms with Gasteiger partial charge < -0.3 is 16.2 Å². The fourth-order valence-electron chi connectivity index (χ4n) is 2.15. The first kappa shape index (κ1) is 24.9. The predicted molar refractivity (Wildman–Crippen MR) is 105 cm³/mol. The van der Waals surface area contributed by atoms with E-state index in [1.807, 2.05) is 31.2 Å². The molecule has 0 saturated heterocycles. The molecular weight excluding hydrogens is 431 g/mol. The average molecular weight is 452 g/mol. The van der Waals surface area contributed by atoms with E-state index in [1.165, 1.54) is 11.3 Å². The van der Waals surface area contributed by atoms with Gasteiger partial charge in [-0.1, -0.05) is 37.6 Å². The molecule has 0 aliphatic carbocycles. The first-order chi connectivity index (χ1) is 13.3. The Morgan fingerprint density at radius 1 is 1.31 bits per heavy atom. The van der Waals surface area contributed by atoms with Gasteiger partial charge in [-0.05, 0) is 24.6 Å². The van der Waals surface area contributed by atoms with Crippen LogP contribution in [0.25, 0.3) is 0 Å². The zero-order valence-electron chi connectivity index (χ0n) is 15.9. The van der Waals surface area contributed by atoms with Gasteiger partial charge in [0.1, 0.15) is 10.7 Å². The minimum Gasteiger partial charge on any atom is -0.475 e. The van der Waals surface area contributed by atoms with E-state index in [0.29, 0.717) is 23.8 Å². The Kier molecular flexibility index (Phi) is 8.61. The number of alkyl halides is 3. The van der Waals surface area contributed by atoms with E-state index in [0.717, 1.165) is 15.4 Å². The number of carbonyl (C=O) groups excluding carboxylic acids is 1. The summed E-state index contributed by atoms with van der Waals surface area (Å²) in [6.45, 7) is 6.87. The normalized spacial score (nSPS) is 11.4. The lowest BCUT2D eigenvalue weighted by Crippen LogP contribution is -2.37. The van der Waals surface area contributed by atoms with Gasteiger partial charge in [0.25, 0.3) is 5.91 Å². The number of carboxylic acid groups (broad SMARTS) is 1. The molecular formula is C18H21ClF3N3O3S. The van der Waals surface area contributed by atoms with Crippen LogP contribution in [0.2, 0.25) is 5.02 Å². The number of thiazole rings is 1. The highest BCUT2D eigenvalue weighted by atomic mass is 35.5. The molecule has 160 valence electrons. The van der Waals surface area contributed by atoms with Crippen LogP contribution in [0, 0.1) is 6.92 Å². The summed E-state index contributed by atoms with van der Waals surface area (Å²) in [6.07, 6.45) is -5.08. The van der Waals surface area contributed by atoms with Crippen LogP contribution in [-0.2, 0) is 16.8 Å². The second-order valence-electron chi connectivity index (χ2n) is 6.60. The third kappa shape index (κ3) is 7.64. The number of aliphatic carboxylic acids is 1. The molecule has 29 heavy (non-hydrogen) atoms. The van der Waals surface area contributed by atoms with Gasteiger partial charge in [0.15, 0.2) is 0 Å². The highest BCUT2D eigenvalue weighted by molar-refractivity contribution is 7.11. The average Bonchev–Trinajstić information content (AvgIpc) is 3.00. The van der Waals surface area contributed by atoms with Gasteiger partial charge in [-0.2, -0.15) is 13.2 Å². The molecule has 4 N–H and O–H groups in total. The van der Waals surface area contributed by atoms with Crippen molar-refractivity contribution in [3.8, 4) is 0 Å². The van der Waals surface area contributed by atoms with Crippen molar-refractivity contribution in [3.63, 3.8) is 0 Å². The standard InChI is InChI=1S/C16H20ClN3OS.C2HF3O2/c1-10-14(20-13(8-18)22-10)15(21)19-9-16(2,3)11-5-4-6-12(17)7-11;3-2(4,5)1(6)7/h4-7H,8-9,18H2,1-3H3,(H,19,21);(H,6,7). The van der Waals surface area contributed by atoms with Crippen LogP contribution in [0.3, 0.4) is 0 Å². The molecule has 0 fully saturated rings. The summed E-state index contributed by atoms with van der Waals surface area (Å²) in [5, 5.41) is 11.6. The number of nitrogens with one attached hydrogen (secondary N) is 1. The zero-order valence-corrected chi connectivity index (χ0v) is 17.5. The first-order valence-electron chi connectivity index (χ1n) is 8.28. The van der Waals surface area contributed by atoms with E-state index < -0.39 is 12.1 Å². The summed E-state index contributed by atoms with van der Waals surface area (Å²) >= 11 is 7.50. The number of rotatable bonds is 5. The Bertz CT molecular complexity index is 870. The number of nitrogens with two attached hydrogens (primary N) is 1. The maximum Gasteiger partial charge on any atom is 0.490 e. The predicted octanol–water partition coefficient (Wildman–Crippen LogP) is 3.90. The molecule has 6 nitrogen and oxygen atoms in total. The Balaban J connectivity index is 0.000000516. The fraction of sp³-hybridized carbons (Fsp3) is 0.389. The number of aryl methyl sites for hydroxylation is 1. The van der Waals surface area contributed by atoms with Crippen LogP contribution in [-0.4, -0.2) is 34.7 Å². The summed E-state index contributed by atoms with van der Waals surface area (Å²) in [6, 6.07) is 7.69. The van der Waals surface area contributed by atoms with Gasteiger partial charge >= 0.3 is 12.1 Å². The molecule has 1 amide bonds. The summed E-state index contributed by atoms with van der Waals surface area (Å²) in [7, 11) is 0. The number of halogens is 4. The molecule has 0 bridgehead atoms. The van der Waals surface area contributed by atoms with Crippen LogP contribution in [0.1, 0.15) is 39.8 Å². The largest absolute Gasteiger partial charge is 0.490 e. The van der Waals surface area contributed by atoms with Crippen molar-refractivity contribution in [2.75, 3.05) is 6.54 Å². The molecule has 0 atom stereocenters. The molecule has 0 aliphatic heterocycles. The summed E-state index contributed by atoms with van der Waals surface area (Å²) < 4.78 is 31.7. The van der Waals surface area contributed by atoms with E-state index in [1.54, 1.807) is 0 Å². The number of hydrogen-bond donors (Lipinski definition) is 3. The number of benzene rings is 1. The first-order valence-corrected chi connectivity index (χ1v) is 9.48. The number of aromatic nitrogens is 1. The Morgan fingerprint density at radius 3 is 2.34 bits per heavy atom. The molecule has 0 saturated carbocycles. The van der Waals surface area contributed by atoms with Crippen LogP contribution < -0.4 is 11.1 Å². The summed E-state index contributed by atoms with van der Waals surface area (Å²) in [5.74, 6) is -2.92. The number of hydrogen-bond acceptors (Lipinski definition) is 5. The van der Waals surface area contributed by atoms with Gasteiger partial charge in [0, 0.05) is 28.4 Å². The molecule has 0 radical (unpaired) electrons. The minimum absolute atomic E-state index is 0.163. The summed E-state index contributed by atoms with van der Waals surface area (Å²) in [4.78, 5) is 26.4. The molecule has 2 aromatic rings. The number of carbonyl (C=O) groups is 2. The third-order valence-corrected chi connectivity index (χ3v) is 5.00. The Morgan fingerprint density at radius 2 is 1.90 bits per heavy atom. The van der Waals surface area contributed by atoms with Crippen molar-refractivity contribution in [1.82, 2.24) is 10.3 Å². The molecule has 1 aromatic heterocycles. The van der Waals surface area contributed by atoms with Gasteiger partial charge in [0.05, 0.1) is 0 Å². The molecule has 0 unspecified atom stereocenters. The lowest BCUT2D eigenvalue weighted by atomic mass is 9.84.